The van der Waals surface area contributed by atoms with E-state index in [0.29, 0.717) is 43.2 Å². The van der Waals surface area contributed by atoms with Gasteiger partial charge in [0.1, 0.15) is 0 Å². The molecule has 0 spiro atoms. The number of hydrogen-bond donors (Lipinski definition) is 0. The fourth-order valence-corrected chi connectivity index (χ4v) is 7.09. The van der Waals surface area contributed by atoms with Gasteiger partial charge in [0, 0.05) is 31.8 Å². The molecular weight excluding hydrogens is 482 g/mol. The van der Waals surface area contributed by atoms with Crippen molar-refractivity contribution in [2.24, 2.45) is 4.99 Å². The van der Waals surface area contributed by atoms with Crippen LogP contribution in [0.1, 0.15) is 54.1 Å². The van der Waals surface area contributed by atoms with Gasteiger partial charge in [-0.15, -0.1) is 0 Å². The fourth-order valence-electron chi connectivity index (χ4n) is 4.47. The molecule has 0 radical (unpaired) electrons. The van der Waals surface area contributed by atoms with Gasteiger partial charge in [-0.25, -0.2) is 8.42 Å². The summed E-state index contributed by atoms with van der Waals surface area (Å²) < 4.78 is 36.3. The SMILES string of the molecule is CCOCCn1c(=NC(=O)c2ccc(S(=O)(=O)N3CCCCCC3)cc2)sc2c(C)cc(C)cc21. The van der Waals surface area contributed by atoms with Crippen molar-refractivity contribution in [3.05, 3.63) is 57.9 Å². The molecule has 35 heavy (non-hydrogen) atoms. The number of rotatable bonds is 7. The van der Waals surface area contributed by atoms with E-state index in [1.165, 1.54) is 23.5 Å². The van der Waals surface area contributed by atoms with Crippen molar-refractivity contribution in [2.75, 3.05) is 26.3 Å². The van der Waals surface area contributed by atoms with Gasteiger partial charge in [-0.3, -0.25) is 4.79 Å². The first-order valence-corrected chi connectivity index (χ1v) is 14.4. The van der Waals surface area contributed by atoms with Gasteiger partial charge in [-0.1, -0.05) is 30.2 Å². The van der Waals surface area contributed by atoms with E-state index in [-0.39, 0.29) is 4.90 Å². The van der Waals surface area contributed by atoms with Gasteiger partial charge in [0.05, 0.1) is 21.7 Å². The van der Waals surface area contributed by atoms with Crippen molar-refractivity contribution in [3.8, 4) is 0 Å². The highest BCUT2D eigenvalue weighted by Crippen LogP contribution is 2.24. The summed E-state index contributed by atoms with van der Waals surface area (Å²) in [5, 5.41) is 0. The van der Waals surface area contributed by atoms with E-state index in [4.69, 9.17) is 4.74 Å². The first-order valence-electron chi connectivity index (χ1n) is 12.2. The lowest BCUT2D eigenvalue weighted by molar-refractivity contribution is 0.0996. The molecule has 1 aromatic heterocycles. The zero-order valence-corrected chi connectivity index (χ0v) is 22.3. The quantitative estimate of drug-likeness (QED) is 0.429. The minimum atomic E-state index is -3.56. The average molecular weight is 516 g/mol. The first kappa shape index (κ1) is 25.8. The molecule has 0 atom stereocenters. The molecule has 9 heteroatoms. The molecular formula is C26H33N3O4S2. The van der Waals surface area contributed by atoms with Crippen LogP contribution in [0, 0.1) is 13.8 Å². The van der Waals surface area contributed by atoms with Crippen LogP contribution in [0.5, 0.6) is 0 Å². The minimum Gasteiger partial charge on any atom is -0.380 e. The lowest BCUT2D eigenvalue weighted by atomic mass is 10.1. The van der Waals surface area contributed by atoms with Crippen LogP contribution in [0.3, 0.4) is 0 Å². The van der Waals surface area contributed by atoms with Crippen molar-refractivity contribution in [1.82, 2.24) is 8.87 Å². The molecule has 0 saturated carbocycles. The van der Waals surface area contributed by atoms with E-state index in [0.717, 1.165) is 47.0 Å². The molecule has 0 N–H and O–H groups in total. The zero-order valence-electron chi connectivity index (χ0n) is 20.6. The second kappa shape index (κ2) is 11.2. The molecule has 0 aliphatic carbocycles. The molecule has 188 valence electrons. The Morgan fingerprint density at radius 3 is 2.40 bits per heavy atom. The van der Waals surface area contributed by atoms with Crippen LogP contribution in [0.2, 0.25) is 0 Å². The Bertz CT molecular complexity index is 1360. The third-order valence-corrected chi connectivity index (χ3v) is 9.42. The van der Waals surface area contributed by atoms with Gasteiger partial charge in [0.2, 0.25) is 10.0 Å². The number of aromatic nitrogens is 1. The lowest BCUT2D eigenvalue weighted by Crippen LogP contribution is -2.31. The van der Waals surface area contributed by atoms with Crippen LogP contribution in [0.15, 0.2) is 46.3 Å². The maximum absolute atomic E-state index is 13.1. The average Bonchev–Trinajstić information content (AvgIpc) is 3.00. The maximum Gasteiger partial charge on any atom is 0.279 e. The van der Waals surface area contributed by atoms with Crippen LogP contribution in [0.25, 0.3) is 10.2 Å². The predicted octanol–water partition coefficient (Wildman–Crippen LogP) is 4.66. The topological polar surface area (TPSA) is 81.0 Å². The van der Waals surface area contributed by atoms with Crippen LogP contribution < -0.4 is 4.80 Å². The Morgan fingerprint density at radius 1 is 1.06 bits per heavy atom. The lowest BCUT2D eigenvalue weighted by Gasteiger charge is -2.19. The third kappa shape index (κ3) is 5.74. The summed E-state index contributed by atoms with van der Waals surface area (Å²) in [5.74, 6) is -0.394. The van der Waals surface area contributed by atoms with Crippen LogP contribution in [-0.4, -0.2) is 49.5 Å². The van der Waals surface area contributed by atoms with Crippen molar-refractivity contribution in [1.29, 1.82) is 0 Å². The highest BCUT2D eigenvalue weighted by molar-refractivity contribution is 7.89. The molecule has 1 fully saturated rings. The molecule has 4 rings (SSSR count). The highest BCUT2D eigenvalue weighted by atomic mass is 32.2. The Hall–Kier alpha value is -2.33. The Morgan fingerprint density at radius 2 is 1.74 bits per heavy atom. The second-order valence-corrected chi connectivity index (χ2v) is 11.8. The van der Waals surface area contributed by atoms with Crippen molar-refractivity contribution < 1.29 is 17.9 Å². The molecule has 1 amide bonds. The van der Waals surface area contributed by atoms with Gasteiger partial charge in [0.25, 0.3) is 5.91 Å². The van der Waals surface area contributed by atoms with Crippen LogP contribution in [0.4, 0.5) is 0 Å². The summed E-state index contributed by atoms with van der Waals surface area (Å²) in [5.41, 5.74) is 3.70. The van der Waals surface area contributed by atoms with Crippen molar-refractivity contribution in [3.63, 3.8) is 0 Å². The van der Waals surface area contributed by atoms with E-state index < -0.39 is 15.9 Å². The van der Waals surface area contributed by atoms with E-state index >= 15 is 0 Å². The molecule has 2 heterocycles. The maximum atomic E-state index is 13.1. The number of sulfonamides is 1. The molecule has 1 saturated heterocycles. The summed E-state index contributed by atoms with van der Waals surface area (Å²) in [6.45, 7) is 8.91. The summed E-state index contributed by atoms with van der Waals surface area (Å²) in [6, 6.07) is 10.4. The molecule has 1 aliphatic heterocycles. The standard InChI is InChI=1S/C26H33N3O4S2/c1-4-33-16-15-29-23-18-19(2)17-20(3)24(23)34-26(29)27-25(30)21-9-11-22(12-10-21)35(31,32)28-13-7-5-6-8-14-28/h9-12,17-18H,4-8,13-16H2,1-3H3. The van der Waals surface area contributed by atoms with E-state index in [9.17, 15) is 13.2 Å². The van der Waals surface area contributed by atoms with E-state index in [2.05, 4.69) is 31.0 Å². The van der Waals surface area contributed by atoms with Gasteiger partial charge >= 0.3 is 0 Å². The molecule has 0 unspecified atom stereocenters. The Labute approximate surface area is 211 Å². The number of amides is 1. The number of aryl methyl sites for hydroxylation is 2. The van der Waals surface area contributed by atoms with Gasteiger partial charge in [-0.05, 0) is 75.1 Å². The number of ether oxygens (including phenoxy) is 1. The number of carbonyl (C=O) groups is 1. The molecule has 7 nitrogen and oxygen atoms in total. The molecule has 3 aromatic rings. The summed E-state index contributed by atoms with van der Waals surface area (Å²) in [7, 11) is -3.56. The van der Waals surface area contributed by atoms with Crippen molar-refractivity contribution >= 4 is 37.5 Å². The first-order chi connectivity index (χ1) is 16.8. The highest BCUT2D eigenvalue weighted by Gasteiger charge is 2.25. The number of fused-ring (bicyclic) bond motifs is 1. The second-order valence-electron chi connectivity index (χ2n) is 8.92. The monoisotopic (exact) mass is 515 g/mol. The number of hydrogen-bond acceptors (Lipinski definition) is 5. The van der Waals surface area contributed by atoms with E-state index in [1.54, 1.807) is 16.4 Å². The predicted molar refractivity (Wildman–Crippen MR) is 139 cm³/mol. The minimum absolute atomic E-state index is 0.218. The van der Waals surface area contributed by atoms with Crippen molar-refractivity contribution in [2.45, 2.75) is 57.9 Å². The van der Waals surface area contributed by atoms with Gasteiger partial charge < -0.3 is 9.30 Å². The fraction of sp³-hybridized carbons (Fsp3) is 0.462. The van der Waals surface area contributed by atoms with Gasteiger partial charge in [-0.2, -0.15) is 9.30 Å². The molecule has 2 aromatic carbocycles. The summed E-state index contributed by atoms with van der Waals surface area (Å²) in [4.78, 5) is 18.3. The normalized spacial score (nSPS) is 16.0. The van der Waals surface area contributed by atoms with Crippen LogP contribution in [-0.2, 0) is 21.3 Å². The number of thiazole rings is 1. The molecule has 1 aliphatic rings. The Balaban J connectivity index is 1.65. The summed E-state index contributed by atoms with van der Waals surface area (Å²) in [6.07, 6.45) is 3.88. The van der Waals surface area contributed by atoms with E-state index in [1.807, 2.05) is 11.5 Å². The number of nitrogens with zero attached hydrogens (tertiary/aromatic N) is 3. The largest absolute Gasteiger partial charge is 0.380 e. The number of carbonyl (C=O) groups excluding carboxylic acids is 1. The van der Waals surface area contributed by atoms with Gasteiger partial charge in [0.15, 0.2) is 4.80 Å². The number of benzene rings is 2. The smallest absolute Gasteiger partial charge is 0.279 e. The molecule has 0 bridgehead atoms. The zero-order chi connectivity index (χ0) is 25.0. The van der Waals surface area contributed by atoms with Crippen LogP contribution >= 0.6 is 11.3 Å². The summed E-state index contributed by atoms with van der Waals surface area (Å²) >= 11 is 1.49. The Kier molecular flexibility index (Phi) is 8.21. The third-order valence-electron chi connectivity index (χ3n) is 6.28.